The molecule has 2 aromatic carbocycles. The molecule has 0 atom stereocenters. The number of nitrogens with one attached hydrogen (secondary N) is 1. The van der Waals surface area contributed by atoms with Crippen LogP contribution in [-0.4, -0.2) is 66.3 Å². The molecule has 0 aliphatic heterocycles. The molecule has 1 aliphatic rings. The lowest BCUT2D eigenvalue weighted by molar-refractivity contribution is -0.128. The van der Waals surface area contributed by atoms with Crippen LogP contribution in [0.1, 0.15) is 107 Å². The molecule has 3 N–H and O–H groups in total. The summed E-state index contributed by atoms with van der Waals surface area (Å²) in [6.45, 7) is 0.486. The van der Waals surface area contributed by atoms with Gasteiger partial charge in [-0.2, -0.15) is 0 Å². The van der Waals surface area contributed by atoms with Gasteiger partial charge in [-0.1, -0.05) is 48.5 Å². The van der Waals surface area contributed by atoms with E-state index in [1.807, 2.05) is 36.4 Å². The van der Waals surface area contributed by atoms with Crippen LogP contribution in [0, 0.1) is 0 Å². The van der Waals surface area contributed by atoms with Gasteiger partial charge in [0.25, 0.3) is 0 Å². The number of Topliss-reactive ketones (excluding diaryl/α,β-unsaturated/α-hetero) is 7. The van der Waals surface area contributed by atoms with Gasteiger partial charge >= 0.3 is 6.09 Å². The van der Waals surface area contributed by atoms with Crippen LogP contribution in [-0.2, 0) is 38.3 Å². The van der Waals surface area contributed by atoms with Gasteiger partial charge in [-0.05, 0) is 28.8 Å². The molecule has 11 nitrogen and oxygen atoms in total. The zero-order valence-corrected chi connectivity index (χ0v) is 28.0. The number of carbonyl (C=O) groups excluding carboxylic acids is 8. The molecule has 0 spiro atoms. The summed E-state index contributed by atoms with van der Waals surface area (Å²) in [4.78, 5) is 96.3. The predicted molar refractivity (Wildman–Crippen MR) is 182 cm³/mol. The van der Waals surface area contributed by atoms with Gasteiger partial charge < -0.3 is 15.8 Å². The molecule has 1 amide bonds. The van der Waals surface area contributed by atoms with Crippen LogP contribution in [0.4, 0.5) is 4.79 Å². The van der Waals surface area contributed by atoms with Crippen LogP contribution in [0.25, 0.3) is 11.1 Å². The normalized spacial score (nSPS) is 11.7. The highest BCUT2D eigenvalue weighted by Gasteiger charge is 2.29. The maximum Gasteiger partial charge on any atom is 0.407 e. The fraction of sp³-hybridized carbons (Fsp3) is 0.474. The molecule has 1 aliphatic carbocycles. The minimum absolute atomic E-state index is 0.00388. The molecule has 0 aromatic heterocycles. The van der Waals surface area contributed by atoms with Crippen molar-refractivity contribution in [1.29, 1.82) is 0 Å². The Hall–Kier alpha value is -4.64. The Bertz CT molecular complexity index is 1490. The number of ketones is 7. The van der Waals surface area contributed by atoms with E-state index >= 15 is 0 Å². The first kappa shape index (κ1) is 38.8. The number of hydrogen-bond donors (Lipinski definition) is 2. The summed E-state index contributed by atoms with van der Waals surface area (Å²) in [5.74, 6) is -1.49. The van der Waals surface area contributed by atoms with E-state index in [9.17, 15) is 38.4 Å². The third-order valence-corrected chi connectivity index (χ3v) is 8.54. The Morgan fingerprint density at radius 2 is 0.816 bits per heavy atom. The van der Waals surface area contributed by atoms with E-state index in [2.05, 4.69) is 17.4 Å². The van der Waals surface area contributed by atoms with Crippen LogP contribution in [0.3, 0.4) is 0 Å². The molecule has 0 heterocycles. The number of rotatable bonds is 25. The van der Waals surface area contributed by atoms with Crippen LogP contribution < -0.4 is 11.1 Å². The van der Waals surface area contributed by atoms with Gasteiger partial charge in [-0.15, -0.1) is 0 Å². The number of ether oxygens (including phenoxy) is 1. The molecular formula is C38H46N2O9. The Morgan fingerprint density at radius 3 is 1.18 bits per heavy atom. The molecule has 49 heavy (non-hydrogen) atoms. The third-order valence-electron chi connectivity index (χ3n) is 8.54. The van der Waals surface area contributed by atoms with Crippen LogP contribution in [0.2, 0.25) is 0 Å². The first-order valence-corrected chi connectivity index (χ1v) is 17.0. The summed E-state index contributed by atoms with van der Waals surface area (Å²) in [6, 6.07) is 16.0. The molecule has 3 rings (SSSR count). The van der Waals surface area contributed by atoms with E-state index < -0.39 is 6.09 Å². The molecule has 0 bridgehead atoms. The number of hydrogen-bond acceptors (Lipinski definition) is 10. The number of fused-ring (bicyclic) bond motifs is 3. The summed E-state index contributed by atoms with van der Waals surface area (Å²) in [5, 5.41) is 2.59. The zero-order valence-electron chi connectivity index (χ0n) is 28.0. The Morgan fingerprint density at radius 1 is 0.490 bits per heavy atom. The van der Waals surface area contributed by atoms with Crippen molar-refractivity contribution in [2.75, 3.05) is 19.7 Å². The van der Waals surface area contributed by atoms with Gasteiger partial charge in [-0.25, -0.2) is 4.79 Å². The molecular weight excluding hydrogens is 628 g/mol. The number of benzene rings is 2. The Labute approximate surface area is 286 Å². The van der Waals surface area contributed by atoms with Gasteiger partial charge in [0.1, 0.15) is 47.1 Å². The number of alkyl carbamates (subject to hydrolysis) is 1. The fourth-order valence-corrected chi connectivity index (χ4v) is 5.66. The molecule has 0 radical (unpaired) electrons. The summed E-state index contributed by atoms with van der Waals surface area (Å²) in [7, 11) is 0. The van der Waals surface area contributed by atoms with E-state index in [1.165, 1.54) is 0 Å². The fourth-order valence-electron chi connectivity index (χ4n) is 5.66. The van der Waals surface area contributed by atoms with Gasteiger partial charge in [-0.3, -0.25) is 33.6 Å². The standard InChI is InChI=1S/C38H46N2O9/c39-23-21-31(46)19-17-29(44)15-13-27(42)11-9-26(41)10-12-28(43)14-16-30(45)18-20-32(47)22-24-40-38(48)49-25-37-35-7-3-1-5-33(35)34-6-2-4-8-36(34)37/h1-8,37H,9-25,39H2,(H,40,48). The molecule has 0 saturated carbocycles. The van der Waals surface area contributed by atoms with Gasteiger partial charge in [0.2, 0.25) is 0 Å². The summed E-state index contributed by atoms with van der Waals surface area (Å²) in [5.41, 5.74) is 9.75. The van der Waals surface area contributed by atoms with E-state index in [4.69, 9.17) is 10.5 Å². The maximum atomic E-state index is 12.3. The maximum absolute atomic E-state index is 12.3. The minimum Gasteiger partial charge on any atom is -0.449 e. The van der Waals surface area contributed by atoms with Crippen molar-refractivity contribution in [2.45, 2.75) is 95.8 Å². The summed E-state index contributed by atoms with van der Waals surface area (Å²) in [6.07, 6.45) is -0.270. The lowest BCUT2D eigenvalue weighted by Crippen LogP contribution is -2.28. The second-order valence-corrected chi connectivity index (χ2v) is 12.3. The molecule has 2 aromatic rings. The highest BCUT2D eigenvalue weighted by molar-refractivity contribution is 5.93. The first-order chi connectivity index (χ1) is 23.6. The van der Waals surface area contributed by atoms with Gasteiger partial charge in [0, 0.05) is 102 Å². The lowest BCUT2D eigenvalue weighted by atomic mass is 9.98. The Balaban J connectivity index is 1.20. The molecule has 0 saturated heterocycles. The summed E-state index contributed by atoms with van der Waals surface area (Å²) < 4.78 is 5.46. The van der Waals surface area contributed by atoms with E-state index in [0.717, 1.165) is 22.3 Å². The zero-order chi connectivity index (χ0) is 35.6. The summed E-state index contributed by atoms with van der Waals surface area (Å²) >= 11 is 0. The van der Waals surface area contributed by atoms with Crippen molar-refractivity contribution in [2.24, 2.45) is 5.73 Å². The van der Waals surface area contributed by atoms with Gasteiger partial charge in [0.05, 0.1) is 0 Å². The number of amides is 1. The monoisotopic (exact) mass is 674 g/mol. The van der Waals surface area contributed by atoms with Crippen LogP contribution in [0.5, 0.6) is 0 Å². The number of nitrogens with two attached hydrogens (primary N) is 1. The van der Waals surface area contributed by atoms with Crippen molar-refractivity contribution in [3.8, 4) is 11.1 Å². The van der Waals surface area contributed by atoms with Crippen LogP contribution >= 0.6 is 0 Å². The van der Waals surface area contributed by atoms with Crippen molar-refractivity contribution < 1.29 is 43.1 Å². The third kappa shape index (κ3) is 13.8. The first-order valence-electron chi connectivity index (χ1n) is 17.0. The highest BCUT2D eigenvalue weighted by Crippen LogP contribution is 2.44. The quantitative estimate of drug-likeness (QED) is 0.146. The second kappa shape index (κ2) is 20.7. The van der Waals surface area contributed by atoms with E-state index in [1.54, 1.807) is 0 Å². The smallest absolute Gasteiger partial charge is 0.407 e. The van der Waals surface area contributed by atoms with Crippen molar-refractivity contribution >= 4 is 46.6 Å². The average Bonchev–Trinajstić information content (AvgIpc) is 3.42. The van der Waals surface area contributed by atoms with Gasteiger partial charge in [0.15, 0.2) is 0 Å². The molecule has 11 heteroatoms. The number of carbonyl (C=O) groups is 8. The minimum atomic E-state index is -0.620. The molecule has 0 fully saturated rings. The van der Waals surface area contributed by atoms with Crippen molar-refractivity contribution in [3.05, 3.63) is 59.7 Å². The Kier molecular flexibility index (Phi) is 16.4. The topological polar surface area (TPSA) is 184 Å². The van der Waals surface area contributed by atoms with E-state index in [-0.39, 0.29) is 156 Å². The van der Waals surface area contributed by atoms with Crippen molar-refractivity contribution in [3.63, 3.8) is 0 Å². The largest absolute Gasteiger partial charge is 0.449 e. The molecule has 0 unspecified atom stereocenters. The molecule has 262 valence electrons. The van der Waals surface area contributed by atoms with Crippen LogP contribution in [0.15, 0.2) is 48.5 Å². The lowest BCUT2D eigenvalue weighted by Gasteiger charge is -2.14. The second-order valence-electron chi connectivity index (χ2n) is 12.3. The highest BCUT2D eigenvalue weighted by atomic mass is 16.5. The SMILES string of the molecule is NCCC(=O)CCC(=O)CCC(=O)CCC(=O)CCC(=O)CCC(=O)CCC(=O)CCNC(=O)OCC1c2ccccc2-c2ccccc21. The van der Waals surface area contributed by atoms with E-state index in [0.29, 0.717) is 0 Å². The van der Waals surface area contributed by atoms with Crippen molar-refractivity contribution in [1.82, 2.24) is 5.32 Å². The predicted octanol–water partition coefficient (Wildman–Crippen LogP) is 4.93. The average molecular weight is 675 g/mol.